The Labute approximate surface area is 110 Å². The van der Waals surface area contributed by atoms with Crippen molar-refractivity contribution >= 4 is 11.0 Å². The highest BCUT2D eigenvalue weighted by molar-refractivity contribution is 5.85. The summed E-state index contributed by atoms with van der Waals surface area (Å²) in [6, 6.07) is 13.5. The zero-order chi connectivity index (χ0) is 13.1. The number of furan rings is 1. The number of pyridine rings is 1. The zero-order valence-electron chi connectivity index (χ0n) is 10.4. The van der Waals surface area contributed by atoms with Crippen molar-refractivity contribution in [3.05, 3.63) is 60.1 Å². The molecule has 0 aliphatic heterocycles. The molecule has 4 heteroatoms. The van der Waals surface area contributed by atoms with Gasteiger partial charge in [0.05, 0.1) is 17.6 Å². The topological polar surface area (TPSA) is 61.3 Å². The number of benzene rings is 1. The fourth-order valence-electron chi connectivity index (χ4n) is 1.99. The molecule has 4 nitrogen and oxygen atoms in total. The molecule has 0 fully saturated rings. The molecule has 1 aromatic carbocycles. The Morgan fingerprint density at radius 1 is 1.11 bits per heavy atom. The number of nitrogens with zero attached hydrogens (tertiary/aromatic N) is 1. The predicted molar refractivity (Wildman–Crippen MR) is 72.7 cm³/mol. The van der Waals surface area contributed by atoms with Crippen LogP contribution in [0.3, 0.4) is 0 Å². The van der Waals surface area contributed by atoms with Gasteiger partial charge in [-0.05, 0) is 24.3 Å². The van der Waals surface area contributed by atoms with Gasteiger partial charge >= 0.3 is 0 Å². The molecule has 3 rings (SSSR count). The van der Waals surface area contributed by atoms with Gasteiger partial charge in [-0.1, -0.05) is 18.2 Å². The van der Waals surface area contributed by atoms with E-state index in [1.165, 1.54) is 0 Å². The molecule has 0 spiro atoms. The molecule has 0 bridgehead atoms. The molecular weight excluding hydrogens is 240 g/mol. The molecule has 0 aliphatic rings. The van der Waals surface area contributed by atoms with E-state index in [-0.39, 0.29) is 0 Å². The molecule has 2 heterocycles. The Hall–Kier alpha value is -2.33. The lowest BCUT2D eigenvalue weighted by molar-refractivity contribution is 0.294. The monoisotopic (exact) mass is 254 g/mol. The fourth-order valence-corrected chi connectivity index (χ4v) is 1.99. The number of rotatable bonds is 4. The molecule has 0 unspecified atom stereocenters. The average Bonchev–Trinajstić information content (AvgIpc) is 2.84. The van der Waals surface area contributed by atoms with Crippen LogP contribution in [0, 0.1) is 0 Å². The zero-order valence-corrected chi connectivity index (χ0v) is 10.4. The Morgan fingerprint density at radius 2 is 1.95 bits per heavy atom. The van der Waals surface area contributed by atoms with Crippen LogP contribution in [0.5, 0.6) is 5.75 Å². The summed E-state index contributed by atoms with van der Waals surface area (Å²) in [7, 11) is 0. The summed E-state index contributed by atoms with van der Waals surface area (Å²) < 4.78 is 11.5. The van der Waals surface area contributed by atoms with E-state index in [0.29, 0.717) is 24.7 Å². The minimum Gasteiger partial charge on any atom is -0.483 e. The third-order valence-corrected chi connectivity index (χ3v) is 2.89. The molecule has 0 saturated carbocycles. The van der Waals surface area contributed by atoms with Gasteiger partial charge in [-0.25, -0.2) is 0 Å². The van der Waals surface area contributed by atoms with Crippen LogP contribution >= 0.6 is 0 Å². The molecule has 3 aromatic rings. The van der Waals surface area contributed by atoms with Gasteiger partial charge < -0.3 is 14.9 Å². The van der Waals surface area contributed by atoms with Gasteiger partial charge in [-0.3, -0.25) is 4.98 Å². The quantitative estimate of drug-likeness (QED) is 0.777. The summed E-state index contributed by atoms with van der Waals surface area (Å²) in [5.74, 6) is 1.38. The molecule has 0 saturated heterocycles. The van der Waals surface area contributed by atoms with Gasteiger partial charge in [0.15, 0.2) is 11.5 Å². The predicted octanol–water partition coefficient (Wildman–Crippen LogP) is 2.87. The molecule has 0 radical (unpaired) electrons. The second kappa shape index (κ2) is 5.12. The third-order valence-electron chi connectivity index (χ3n) is 2.89. The van der Waals surface area contributed by atoms with Crippen LogP contribution in [0.1, 0.15) is 11.5 Å². The summed E-state index contributed by atoms with van der Waals surface area (Å²) in [6.07, 6.45) is 1.75. The number of ether oxygens (including phenoxy) is 1. The van der Waals surface area contributed by atoms with Crippen molar-refractivity contribution < 1.29 is 9.15 Å². The highest BCUT2D eigenvalue weighted by Gasteiger charge is 2.14. The van der Waals surface area contributed by atoms with Gasteiger partial charge in [0.1, 0.15) is 12.2 Å². The maximum atomic E-state index is 5.83. The summed E-state index contributed by atoms with van der Waals surface area (Å²) >= 11 is 0. The number of nitrogens with two attached hydrogens (primary N) is 1. The van der Waals surface area contributed by atoms with E-state index < -0.39 is 0 Å². The minimum atomic E-state index is 0.312. The number of para-hydroxylation sites is 1. The lowest BCUT2D eigenvalue weighted by Gasteiger charge is -2.05. The van der Waals surface area contributed by atoms with Crippen LogP contribution in [-0.4, -0.2) is 4.98 Å². The Kier molecular flexibility index (Phi) is 3.16. The molecule has 2 aromatic heterocycles. The lowest BCUT2D eigenvalue weighted by Crippen LogP contribution is -2.01. The van der Waals surface area contributed by atoms with E-state index >= 15 is 0 Å². The van der Waals surface area contributed by atoms with Crippen molar-refractivity contribution in [3.8, 4) is 5.75 Å². The fraction of sp³-hybridized carbons (Fsp3) is 0.133. The van der Waals surface area contributed by atoms with E-state index in [1.807, 2.05) is 42.5 Å². The Morgan fingerprint density at radius 3 is 2.74 bits per heavy atom. The first-order valence-electron chi connectivity index (χ1n) is 6.11. The van der Waals surface area contributed by atoms with Crippen LogP contribution in [0.25, 0.3) is 11.0 Å². The maximum Gasteiger partial charge on any atom is 0.170 e. The standard InChI is InChI=1S/C15H14N2O2/c16-9-14-15(12-6-1-2-7-13(12)19-14)18-10-11-5-3-4-8-17-11/h1-8H,9-10,16H2. The minimum absolute atomic E-state index is 0.312. The molecule has 0 amide bonds. The van der Waals surface area contributed by atoms with Crippen LogP contribution < -0.4 is 10.5 Å². The van der Waals surface area contributed by atoms with E-state index in [1.54, 1.807) is 6.20 Å². The summed E-state index contributed by atoms with van der Waals surface area (Å²) in [6.45, 7) is 0.712. The van der Waals surface area contributed by atoms with Gasteiger partial charge in [0.25, 0.3) is 0 Å². The van der Waals surface area contributed by atoms with E-state index in [2.05, 4.69) is 4.98 Å². The van der Waals surface area contributed by atoms with Crippen molar-refractivity contribution in [2.45, 2.75) is 13.2 Å². The summed E-state index contributed by atoms with van der Waals surface area (Å²) in [5.41, 5.74) is 7.36. The molecule has 19 heavy (non-hydrogen) atoms. The molecule has 2 N–H and O–H groups in total. The number of hydrogen-bond acceptors (Lipinski definition) is 4. The van der Waals surface area contributed by atoms with Crippen molar-refractivity contribution in [2.75, 3.05) is 0 Å². The SMILES string of the molecule is NCc1oc2ccccc2c1OCc1ccccn1. The first-order valence-corrected chi connectivity index (χ1v) is 6.11. The maximum absolute atomic E-state index is 5.83. The van der Waals surface area contributed by atoms with Crippen LogP contribution in [0.15, 0.2) is 53.1 Å². The average molecular weight is 254 g/mol. The first-order chi connectivity index (χ1) is 9.38. The van der Waals surface area contributed by atoms with Gasteiger partial charge in [-0.15, -0.1) is 0 Å². The Bertz CT molecular complexity index is 677. The molecule has 0 atom stereocenters. The number of hydrogen-bond donors (Lipinski definition) is 1. The largest absolute Gasteiger partial charge is 0.483 e. The first kappa shape index (κ1) is 11.7. The smallest absolute Gasteiger partial charge is 0.170 e. The number of fused-ring (bicyclic) bond motifs is 1. The Balaban J connectivity index is 1.91. The highest BCUT2D eigenvalue weighted by atomic mass is 16.5. The van der Waals surface area contributed by atoms with Crippen molar-refractivity contribution in [3.63, 3.8) is 0 Å². The summed E-state index contributed by atoms with van der Waals surface area (Å²) in [5, 5.41) is 0.943. The third kappa shape index (κ3) is 2.30. The second-order valence-electron chi connectivity index (χ2n) is 4.16. The normalized spacial score (nSPS) is 10.8. The van der Waals surface area contributed by atoms with Crippen LogP contribution in [0.4, 0.5) is 0 Å². The van der Waals surface area contributed by atoms with Gasteiger partial charge in [0.2, 0.25) is 0 Å². The molecule has 0 aliphatic carbocycles. The van der Waals surface area contributed by atoms with E-state index in [4.69, 9.17) is 14.9 Å². The molecule has 96 valence electrons. The van der Waals surface area contributed by atoms with Gasteiger partial charge in [0, 0.05) is 6.20 Å². The van der Waals surface area contributed by atoms with Crippen LogP contribution in [-0.2, 0) is 13.2 Å². The highest BCUT2D eigenvalue weighted by Crippen LogP contribution is 2.33. The lowest BCUT2D eigenvalue weighted by atomic mass is 10.2. The van der Waals surface area contributed by atoms with Crippen molar-refractivity contribution in [1.82, 2.24) is 4.98 Å². The van der Waals surface area contributed by atoms with Crippen molar-refractivity contribution in [2.24, 2.45) is 5.73 Å². The summed E-state index contributed by atoms with van der Waals surface area (Å²) in [4.78, 5) is 4.23. The molecular formula is C15H14N2O2. The second-order valence-corrected chi connectivity index (χ2v) is 4.16. The van der Waals surface area contributed by atoms with E-state index in [9.17, 15) is 0 Å². The van der Waals surface area contributed by atoms with Crippen LogP contribution in [0.2, 0.25) is 0 Å². The van der Waals surface area contributed by atoms with Gasteiger partial charge in [-0.2, -0.15) is 0 Å². The number of aromatic nitrogens is 1. The van der Waals surface area contributed by atoms with E-state index in [0.717, 1.165) is 16.7 Å². The van der Waals surface area contributed by atoms with Crippen molar-refractivity contribution in [1.29, 1.82) is 0 Å².